The van der Waals surface area contributed by atoms with Crippen molar-refractivity contribution in [3.8, 4) is 0 Å². The summed E-state index contributed by atoms with van der Waals surface area (Å²) in [6, 6.07) is 8.40. The second kappa shape index (κ2) is 19.6. The minimum absolute atomic E-state index is 0. The summed E-state index contributed by atoms with van der Waals surface area (Å²) in [6.07, 6.45) is 5.15. The molecule has 7 heteroatoms. The monoisotopic (exact) mass is 692 g/mol. The SMILES string of the molecule is CC.CC(C)(C)OC(=O)CN[C-]=O.CCCCNC(=O)Cc1ccc(CC(C)C)cc1.[Fm]. The molecule has 0 bridgehead atoms. The van der Waals surface area contributed by atoms with Crippen LogP contribution in [0, 0.1) is 5.92 Å². The van der Waals surface area contributed by atoms with Crippen LogP contribution in [0.5, 0.6) is 0 Å². The molecule has 0 atom stereocenters. The normalized spacial score (nSPS) is 9.78. The van der Waals surface area contributed by atoms with Crippen molar-refractivity contribution in [1.29, 1.82) is 0 Å². The predicted octanol–water partition coefficient (Wildman–Crippen LogP) is 4.36. The average Bonchev–Trinajstić information content (AvgIpc) is 2.68. The van der Waals surface area contributed by atoms with Crippen LogP contribution in [0.25, 0.3) is 0 Å². The molecule has 0 spiro atoms. The molecular weight excluding hydrogens is 649 g/mol. The van der Waals surface area contributed by atoms with Gasteiger partial charge in [-0.1, -0.05) is 65.3 Å². The predicted molar refractivity (Wildman–Crippen MR) is 127 cm³/mol. The number of carbonyl (C=O) groups excluding carboxylic acids is 3. The van der Waals surface area contributed by atoms with Gasteiger partial charge in [-0.05, 0) is 50.7 Å². The first-order valence-corrected chi connectivity index (χ1v) is 11.2. The van der Waals surface area contributed by atoms with E-state index < -0.39 is 11.6 Å². The van der Waals surface area contributed by atoms with Gasteiger partial charge < -0.3 is 20.2 Å². The second-order valence-electron chi connectivity index (χ2n) is 8.34. The van der Waals surface area contributed by atoms with Crippen LogP contribution in [0.2, 0.25) is 0 Å². The number of rotatable bonds is 10. The molecule has 1 rings (SSSR count). The molecule has 0 aliphatic heterocycles. The summed E-state index contributed by atoms with van der Waals surface area (Å²) >= 11 is 0. The van der Waals surface area contributed by atoms with Crippen LogP contribution in [-0.2, 0) is 32.0 Å². The third kappa shape index (κ3) is 21.3. The summed E-state index contributed by atoms with van der Waals surface area (Å²) in [5.74, 6) is 0.342. The zero-order chi connectivity index (χ0) is 24.3. The van der Waals surface area contributed by atoms with Crippen LogP contribution >= 0.6 is 0 Å². The number of hydrogen-bond donors (Lipinski definition) is 2. The molecule has 1 aromatic carbocycles. The van der Waals surface area contributed by atoms with E-state index in [1.54, 1.807) is 20.8 Å². The number of unbranched alkanes of at least 4 members (excludes halogenated alkanes) is 1. The van der Waals surface area contributed by atoms with Gasteiger partial charge in [0, 0.05) is 6.54 Å². The molecule has 0 aliphatic carbocycles. The van der Waals surface area contributed by atoms with Crippen LogP contribution in [0.3, 0.4) is 0 Å². The quantitative estimate of drug-likeness (QED) is 0.165. The Labute approximate surface area is 189 Å². The number of carbonyl (C=O) groups is 2. The molecule has 2 amide bonds. The Bertz CT molecular complexity index is 611. The Hall–Kier alpha value is -3.37. The number of hydrogen-bond acceptors (Lipinski definition) is 4. The number of amides is 2. The third-order valence-electron chi connectivity index (χ3n) is 3.61. The zero-order valence-corrected chi connectivity index (χ0v) is 23.5. The van der Waals surface area contributed by atoms with Crippen molar-refractivity contribution in [2.75, 3.05) is 13.1 Å². The van der Waals surface area contributed by atoms with Crippen LogP contribution in [0.1, 0.15) is 79.4 Å². The first-order chi connectivity index (χ1) is 14.6. The summed E-state index contributed by atoms with van der Waals surface area (Å²) in [5, 5.41) is 5.03. The second-order valence-corrected chi connectivity index (χ2v) is 8.34. The number of esters is 1. The minimum Gasteiger partial charge on any atom is -0.521 e. The van der Waals surface area contributed by atoms with Gasteiger partial charge in [0.25, 0.3) is 0 Å². The Morgan fingerprint density at radius 2 is 1.59 bits per heavy atom. The Balaban J connectivity index is -0.000000521. The van der Waals surface area contributed by atoms with Crippen molar-refractivity contribution < 1.29 is 19.1 Å². The fourth-order valence-electron chi connectivity index (χ4n) is 2.40. The van der Waals surface area contributed by atoms with E-state index in [0.717, 1.165) is 31.4 Å². The molecule has 0 saturated heterocycles. The van der Waals surface area contributed by atoms with Gasteiger partial charge in [-0.2, -0.15) is 6.41 Å². The number of ether oxygens (including phenoxy) is 1. The van der Waals surface area contributed by atoms with Crippen LogP contribution in [0.15, 0.2) is 24.3 Å². The van der Waals surface area contributed by atoms with Crippen molar-refractivity contribution >= 4 is 18.3 Å². The summed E-state index contributed by atoms with van der Waals surface area (Å²) in [7, 11) is 0. The van der Waals surface area contributed by atoms with Gasteiger partial charge in [0.05, 0.1) is 13.0 Å². The van der Waals surface area contributed by atoms with E-state index in [1.165, 1.54) is 12.0 Å². The van der Waals surface area contributed by atoms with Gasteiger partial charge in [-0.15, -0.1) is 0 Å². The topological polar surface area (TPSA) is 84.5 Å². The molecule has 0 saturated carbocycles. The third-order valence-corrected chi connectivity index (χ3v) is 3.61. The summed E-state index contributed by atoms with van der Waals surface area (Å²) < 4.78 is 4.86. The molecule has 190 valence electrons. The van der Waals surface area contributed by atoms with Crippen LogP contribution < -0.4 is 10.6 Å². The molecule has 6 nitrogen and oxygen atoms in total. The standard InChI is InChI=1S/C16H25NO.C7H12NO3.C2H6.Fm/c1-4-5-10-17-16(18)12-15-8-6-14(7-9-15)11-13(2)3;1-7(2,3)11-6(10)4-8-5-9;1-2;/h6-9,13H,4-5,10-12H2,1-3H3,(H,17,18);4H2,1-3H3,(H,8,9);1-2H3;/q;-1;;. The molecule has 0 heterocycles. The summed E-state index contributed by atoms with van der Waals surface area (Å²) in [6.45, 7) is 16.5. The fourth-order valence-corrected chi connectivity index (χ4v) is 2.40. The van der Waals surface area contributed by atoms with Gasteiger partial charge in [-0.25, -0.2) is 0 Å². The van der Waals surface area contributed by atoms with E-state index >= 15 is 0 Å². The maximum absolute atomic E-state index is 11.6. The Kier molecular flexibility index (Phi) is 20.4. The fraction of sp³-hybridized carbons (Fsp3) is 0.640. The molecule has 32 heavy (non-hydrogen) atoms. The molecule has 0 aromatic heterocycles. The zero-order valence-electron chi connectivity index (χ0n) is 21.1. The van der Waals surface area contributed by atoms with E-state index in [-0.39, 0.29) is 12.5 Å². The van der Waals surface area contributed by atoms with Crippen molar-refractivity contribution in [3.63, 3.8) is 0 Å². The largest absolute Gasteiger partial charge is 0.521 e. The van der Waals surface area contributed by atoms with E-state index in [4.69, 9.17) is 4.74 Å². The molecule has 0 unspecified atom stereocenters. The first-order valence-electron chi connectivity index (χ1n) is 11.2. The summed E-state index contributed by atoms with van der Waals surface area (Å²) in [5.41, 5.74) is 1.94. The minimum atomic E-state index is -0.498. The smallest absolute Gasteiger partial charge is 0.323 e. The maximum Gasteiger partial charge on any atom is 0.323 e. The molecule has 2 N–H and O–H groups in total. The van der Waals surface area contributed by atoms with Crippen LogP contribution in [-0.4, -0.2) is 37.0 Å². The average molecular weight is 693 g/mol. The first kappa shape index (κ1) is 33.3. The van der Waals surface area contributed by atoms with Gasteiger partial charge in [0.2, 0.25) is 5.91 Å². The van der Waals surface area contributed by atoms with Crippen molar-refractivity contribution in [2.45, 2.75) is 86.7 Å². The van der Waals surface area contributed by atoms with Crippen molar-refractivity contribution in [2.24, 2.45) is 5.92 Å². The number of benzene rings is 1. The molecule has 1 aromatic rings. The van der Waals surface area contributed by atoms with E-state index in [0.29, 0.717) is 12.3 Å². The van der Waals surface area contributed by atoms with Gasteiger partial charge in [0.15, 0.2) is 0 Å². The molecular formula is C25H43FmN2O4-. The Morgan fingerprint density at radius 3 is 2.03 bits per heavy atom. The van der Waals surface area contributed by atoms with Gasteiger partial charge in [0.1, 0.15) is 5.60 Å². The molecule has 0 radical (unpaired) electrons. The van der Waals surface area contributed by atoms with E-state index in [9.17, 15) is 14.4 Å². The number of nitrogens with one attached hydrogen (secondary N) is 2. The van der Waals surface area contributed by atoms with E-state index in [2.05, 4.69) is 55.7 Å². The Morgan fingerprint density at radius 1 is 1.06 bits per heavy atom. The maximum atomic E-state index is 11.6. The summed E-state index contributed by atoms with van der Waals surface area (Å²) in [4.78, 5) is 32.0. The van der Waals surface area contributed by atoms with Gasteiger partial charge >= 0.3 is 5.97 Å². The van der Waals surface area contributed by atoms with Gasteiger partial charge in [-0.3, -0.25) is 9.59 Å². The molecule has 0 fully saturated rings. The molecule has 0 aliphatic rings. The van der Waals surface area contributed by atoms with Crippen molar-refractivity contribution in [1.82, 2.24) is 10.6 Å². The van der Waals surface area contributed by atoms with Crippen molar-refractivity contribution in [3.05, 3.63) is 35.4 Å². The van der Waals surface area contributed by atoms with E-state index in [1.807, 2.05) is 13.8 Å². The van der Waals surface area contributed by atoms with Crippen LogP contribution in [0.4, 0.5) is 0 Å².